The van der Waals surface area contributed by atoms with Gasteiger partial charge in [0.1, 0.15) is 0 Å². The van der Waals surface area contributed by atoms with Crippen molar-refractivity contribution >= 4 is 5.91 Å². The van der Waals surface area contributed by atoms with E-state index in [9.17, 15) is 4.79 Å². The third-order valence-electron chi connectivity index (χ3n) is 4.87. The van der Waals surface area contributed by atoms with Gasteiger partial charge in [0.25, 0.3) is 0 Å². The van der Waals surface area contributed by atoms with Gasteiger partial charge in [-0.2, -0.15) is 0 Å². The predicted octanol–water partition coefficient (Wildman–Crippen LogP) is 1.89. The number of nitrogens with zero attached hydrogens (tertiary/aromatic N) is 1. The normalized spacial score (nSPS) is 25.6. The van der Waals surface area contributed by atoms with Gasteiger partial charge in [-0.3, -0.25) is 9.69 Å². The van der Waals surface area contributed by atoms with Crippen molar-refractivity contribution < 1.29 is 4.79 Å². The minimum absolute atomic E-state index is 0.107. The van der Waals surface area contributed by atoms with Gasteiger partial charge in [0.05, 0.1) is 0 Å². The van der Waals surface area contributed by atoms with E-state index in [2.05, 4.69) is 10.2 Å². The fourth-order valence-corrected chi connectivity index (χ4v) is 3.68. The van der Waals surface area contributed by atoms with Crippen LogP contribution >= 0.6 is 0 Å². The molecule has 1 aliphatic carbocycles. The van der Waals surface area contributed by atoms with Crippen LogP contribution < -0.4 is 11.1 Å². The molecule has 2 aliphatic rings. The molecular weight excluding hydrogens is 250 g/mol. The summed E-state index contributed by atoms with van der Waals surface area (Å²) in [4.78, 5) is 14.2. The molecule has 2 rings (SSSR count). The molecule has 3 N–H and O–H groups in total. The fraction of sp³-hybridized carbons (Fsp3) is 0.938. The lowest BCUT2D eigenvalue weighted by Crippen LogP contribution is -2.48. The molecule has 116 valence electrons. The summed E-state index contributed by atoms with van der Waals surface area (Å²) >= 11 is 0. The number of hydrogen-bond acceptors (Lipinski definition) is 3. The number of carbonyl (C=O) groups excluding carboxylic acids is 1. The van der Waals surface area contributed by atoms with Crippen LogP contribution in [-0.2, 0) is 4.79 Å². The number of hydrogen-bond donors (Lipinski definition) is 2. The van der Waals surface area contributed by atoms with E-state index in [4.69, 9.17) is 5.73 Å². The minimum atomic E-state index is 0.107. The van der Waals surface area contributed by atoms with E-state index in [1.54, 1.807) is 0 Å². The summed E-state index contributed by atoms with van der Waals surface area (Å²) in [5.41, 5.74) is 5.42. The van der Waals surface area contributed by atoms with Crippen molar-refractivity contribution in [3.63, 3.8) is 0 Å². The Bertz CT molecular complexity index is 289. The number of nitrogens with one attached hydrogen (secondary N) is 1. The van der Waals surface area contributed by atoms with Crippen LogP contribution in [0.1, 0.15) is 57.8 Å². The average Bonchev–Trinajstić information content (AvgIpc) is 2.48. The largest absolute Gasteiger partial charge is 0.354 e. The summed E-state index contributed by atoms with van der Waals surface area (Å²) in [6.07, 6.45) is 11.4. The molecule has 4 heteroatoms. The number of likely N-dealkylation sites (tertiary alicyclic amines) is 1. The number of carbonyl (C=O) groups is 1. The second-order valence-electron chi connectivity index (χ2n) is 6.49. The molecule has 1 atom stereocenters. The molecule has 2 fully saturated rings. The molecule has 1 aliphatic heterocycles. The Morgan fingerprint density at radius 3 is 2.60 bits per heavy atom. The van der Waals surface area contributed by atoms with Gasteiger partial charge in [-0.05, 0) is 38.1 Å². The van der Waals surface area contributed by atoms with Gasteiger partial charge in [-0.15, -0.1) is 0 Å². The summed E-state index contributed by atoms with van der Waals surface area (Å²) in [5, 5.41) is 3.06. The first-order valence-corrected chi connectivity index (χ1v) is 8.50. The van der Waals surface area contributed by atoms with Gasteiger partial charge in [0.2, 0.25) is 5.91 Å². The number of amides is 1. The van der Waals surface area contributed by atoms with Crippen LogP contribution in [0.25, 0.3) is 0 Å². The Labute approximate surface area is 123 Å². The molecule has 0 radical (unpaired) electrons. The third-order valence-corrected chi connectivity index (χ3v) is 4.87. The molecular formula is C16H31N3O. The van der Waals surface area contributed by atoms with Crippen molar-refractivity contribution in [1.82, 2.24) is 10.2 Å². The molecule has 1 unspecified atom stereocenters. The van der Waals surface area contributed by atoms with Crippen molar-refractivity contribution in [3.8, 4) is 0 Å². The fourth-order valence-electron chi connectivity index (χ4n) is 3.68. The Hall–Kier alpha value is -0.610. The minimum Gasteiger partial charge on any atom is -0.354 e. The first-order valence-electron chi connectivity index (χ1n) is 8.50. The Morgan fingerprint density at radius 1 is 1.10 bits per heavy atom. The molecule has 1 saturated heterocycles. The first-order chi connectivity index (χ1) is 9.79. The van der Waals surface area contributed by atoms with Gasteiger partial charge in [0.15, 0.2) is 0 Å². The van der Waals surface area contributed by atoms with Gasteiger partial charge >= 0.3 is 0 Å². The summed E-state index contributed by atoms with van der Waals surface area (Å²) in [6.45, 7) is 3.72. The molecule has 20 heavy (non-hydrogen) atoms. The van der Waals surface area contributed by atoms with Gasteiger partial charge in [-0.1, -0.05) is 25.7 Å². The highest BCUT2D eigenvalue weighted by Crippen LogP contribution is 2.27. The van der Waals surface area contributed by atoms with Gasteiger partial charge in [-0.25, -0.2) is 0 Å². The predicted molar refractivity (Wildman–Crippen MR) is 82.5 cm³/mol. The van der Waals surface area contributed by atoms with Crippen LogP contribution in [0.5, 0.6) is 0 Å². The molecule has 1 saturated carbocycles. The SMILES string of the molecule is NCCC(=O)NCC1CCCCN1CC1CCCCC1. The van der Waals surface area contributed by atoms with E-state index in [0.29, 0.717) is 19.0 Å². The van der Waals surface area contributed by atoms with Crippen molar-refractivity contribution in [3.05, 3.63) is 0 Å². The lowest BCUT2D eigenvalue weighted by atomic mass is 9.88. The molecule has 1 heterocycles. The van der Waals surface area contributed by atoms with Crippen molar-refractivity contribution in [1.29, 1.82) is 0 Å². The molecule has 1 amide bonds. The smallest absolute Gasteiger partial charge is 0.221 e. The maximum absolute atomic E-state index is 11.6. The summed E-state index contributed by atoms with van der Waals surface area (Å²) in [6, 6.07) is 0.549. The zero-order valence-corrected chi connectivity index (χ0v) is 12.8. The monoisotopic (exact) mass is 281 g/mol. The molecule has 0 bridgehead atoms. The summed E-state index contributed by atoms with van der Waals surface area (Å²) < 4.78 is 0. The molecule has 0 aromatic heterocycles. The third kappa shape index (κ3) is 5.06. The first kappa shape index (κ1) is 15.8. The van der Waals surface area contributed by atoms with Crippen LogP contribution in [0.2, 0.25) is 0 Å². The zero-order valence-electron chi connectivity index (χ0n) is 12.8. The van der Waals surface area contributed by atoms with E-state index < -0.39 is 0 Å². The Kier molecular flexibility index (Phi) is 6.80. The lowest BCUT2D eigenvalue weighted by molar-refractivity contribution is -0.121. The van der Waals surface area contributed by atoms with E-state index in [-0.39, 0.29) is 5.91 Å². The van der Waals surface area contributed by atoms with Crippen LogP contribution in [0.15, 0.2) is 0 Å². The van der Waals surface area contributed by atoms with Crippen LogP contribution in [0.4, 0.5) is 0 Å². The maximum atomic E-state index is 11.6. The van der Waals surface area contributed by atoms with Crippen LogP contribution in [0.3, 0.4) is 0 Å². The summed E-state index contributed by atoms with van der Waals surface area (Å²) in [5.74, 6) is 1.000. The topological polar surface area (TPSA) is 58.4 Å². The van der Waals surface area contributed by atoms with E-state index in [0.717, 1.165) is 12.5 Å². The molecule has 0 aromatic carbocycles. The lowest BCUT2D eigenvalue weighted by Gasteiger charge is -2.38. The maximum Gasteiger partial charge on any atom is 0.221 e. The average molecular weight is 281 g/mol. The van der Waals surface area contributed by atoms with Gasteiger partial charge in [0, 0.05) is 32.1 Å². The van der Waals surface area contributed by atoms with E-state index in [1.165, 1.54) is 64.5 Å². The zero-order chi connectivity index (χ0) is 14.2. The number of rotatable bonds is 6. The Balaban J connectivity index is 1.76. The number of piperidine rings is 1. The highest BCUT2D eigenvalue weighted by molar-refractivity contribution is 5.76. The quantitative estimate of drug-likeness (QED) is 0.781. The standard InChI is InChI=1S/C16H31N3O/c17-10-9-16(20)18-12-15-8-4-5-11-19(15)13-14-6-2-1-3-7-14/h14-15H,1-13,17H2,(H,18,20). The molecule has 0 spiro atoms. The number of nitrogens with two attached hydrogens (primary N) is 1. The van der Waals surface area contributed by atoms with Crippen molar-refractivity contribution in [2.75, 3.05) is 26.2 Å². The Morgan fingerprint density at radius 2 is 1.85 bits per heavy atom. The van der Waals surface area contributed by atoms with E-state index in [1.807, 2.05) is 0 Å². The molecule has 4 nitrogen and oxygen atoms in total. The highest BCUT2D eigenvalue weighted by atomic mass is 16.1. The van der Waals surface area contributed by atoms with Crippen LogP contribution in [-0.4, -0.2) is 43.0 Å². The highest BCUT2D eigenvalue weighted by Gasteiger charge is 2.25. The van der Waals surface area contributed by atoms with Gasteiger partial charge < -0.3 is 11.1 Å². The second-order valence-corrected chi connectivity index (χ2v) is 6.49. The summed E-state index contributed by atoms with van der Waals surface area (Å²) in [7, 11) is 0. The molecule has 0 aromatic rings. The second kappa shape index (κ2) is 8.63. The van der Waals surface area contributed by atoms with Crippen molar-refractivity contribution in [2.45, 2.75) is 63.8 Å². The van der Waals surface area contributed by atoms with Crippen molar-refractivity contribution in [2.24, 2.45) is 11.7 Å². The van der Waals surface area contributed by atoms with E-state index >= 15 is 0 Å². The van der Waals surface area contributed by atoms with Crippen LogP contribution in [0, 0.1) is 5.92 Å².